The summed E-state index contributed by atoms with van der Waals surface area (Å²) in [6.07, 6.45) is 1.28. The van der Waals surface area contributed by atoms with E-state index in [-0.39, 0.29) is 17.9 Å². The predicted molar refractivity (Wildman–Crippen MR) is 103 cm³/mol. The molecule has 0 bridgehead atoms. The molecule has 0 aliphatic carbocycles. The fourth-order valence-electron chi connectivity index (χ4n) is 2.88. The number of carbonyl (C=O) groups is 2. The molecule has 1 saturated heterocycles. The number of rotatable bonds is 4. The van der Waals surface area contributed by atoms with Crippen LogP contribution in [0.5, 0.6) is 0 Å². The van der Waals surface area contributed by atoms with Crippen molar-refractivity contribution < 1.29 is 14.3 Å². The minimum absolute atomic E-state index is 0.131. The van der Waals surface area contributed by atoms with Gasteiger partial charge in [-0.3, -0.25) is 9.59 Å². The van der Waals surface area contributed by atoms with Gasteiger partial charge in [-0.15, -0.1) is 0 Å². The molecule has 1 aliphatic rings. The van der Waals surface area contributed by atoms with Crippen molar-refractivity contribution in [2.45, 2.75) is 32.8 Å². The number of aryl methyl sites for hydroxylation is 2. The molecule has 26 heavy (non-hydrogen) atoms. The summed E-state index contributed by atoms with van der Waals surface area (Å²) in [7, 11) is 0. The van der Waals surface area contributed by atoms with Crippen LogP contribution in [0.25, 0.3) is 0 Å². The highest BCUT2D eigenvalue weighted by atomic mass is 35.5. The second-order valence-corrected chi connectivity index (χ2v) is 6.87. The molecule has 1 unspecified atom stereocenters. The van der Waals surface area contributed by atoms with E-state index in [9.17, 15) is 9.59 Å². The molecule has 2 aromatic carbocycles. The van der Waals surface area contributed by atoms with Crippen LogP contribution in [0.3, 0.4) is 0 Å². The molecule has 1 heterocycles. The molecular weight excluding hydrogens is 352 g/mol. The van der Waals surface area contributed by atoms with E-state index < -0.39 is 0 Å². The largest absolute Gasteiger partial charge is 0.368 e. The number of amides is 2. The zero-order valence-corrected chi connectivity index (χ0v) is 15.5. The molecule has 2 aromatic rings. The molecule has 0 aromatic heterocycles. The van der Waals surface area contributed by atoms with Crippen LogP contribution < -0.4 is 10.6 Å². The minimum atomic E-state index is -0.377. The fourth-order valence-corrected chi connectivity index (χ4v) is 3.20. The van der Waals surface area contributed by atoms with Gasteiger partial charge in [-0.2, -0.15) is 0 Å². The monoisotopic (exact) mass is 372 g/mol. The quantitative estimate of drug-likeness (QED) is 0.839. The first-order chi connectivity index (χ1) is 12.4. The van der Waals surface area contributed by atoms with E-state index in [0.29, 0.717) is 28.6 Å². The highest BCUT2D eigenvalue weighted by Gasteiger charge is 2.23. The molecule has 5 nitrogen and oxygen atoms in total. The highest BCUT2D eigenvalue weighted by molar-refractivity contribution is 6.34. The van der Waals surface area contributed by atoms with Crippen LogP contribution in [-0.2, 0) is 9.53 Å². The van der Waals surface area contributed by atoms with Crippen molar-refractivity contribution in [1.82, 2.24) is 0 Å². The van der Waals surface area contributed by atoms with Crippen LogP contribution in [0.2, 0.25) is 5.02 Å². The lowest BCUT2D eigenvalue weighted by Crippen LogP contribution is -2.27. The summed E-state index contributed by atoms with van der Waals surface area (Å²) in [5.74, 6) is -0.403. The van der Waals surface area contributed by atoms with Crippen molar-refractivity contribution in [3.05, 3.63) is 58.1 Å². The molecule has 1 fully saturated rings. The lowest BCUT2D eigenvalue weighted by Gasteiger charge is -2.14. The molecule has 0 spiro atoms. The van der Waals surface area contributed by atoms with Crippen LogP contribution in [0, 0.1) is 13.8 Å². The first-order valence-corrected chi connectivity index (χ1v) is 8.92. The molecule has 1 aliphatic heterocycles. The minimum Gasteiger partial charge on any atom is -0.368 e. The summed E-state index contributed by atoms with van der Waals surface area (Å²) in [5.41, 5.74) is 3.61. The van der Waals surface area contributed by atoms with Crippen LogP contribution >= 0.6 is 11.6 Å². The molecule has 3 rings (SSSR count). The Morgan fingerprint density at radius 1 is 1.12 bits per heavy atom. The smallest absolute Gasteiger partial charge is 0.257 e. The molecule has 6 heteroatoms. The Morgan fingerprint density at radius 2 is 1.92 bits per heavy atom. The topological polar surface area (TPSA) is 67.4 Å². The van der Waals surface area contributed by atoms with Crippen LogP contribution in [0.4, 0.5) is 11.4 Å². The van der Waals surface area contributed by atoms with Gasteiger partial charge < -0.3 is 15.4 Å². The van der Waals surface area contributed by atoms with Crippen molar-refractivity contribution in [2.75, 3.05) is 17.2 Å². The normalized spacial score (nSPS) is 16.3. The van der Waals surface area contributed by atoms with E-state index in [1.54, 1.807) is 24.3 Å². The number of hydrogen-bond donors (Lipinski definition) is 2. The van der Waals surface area contributed by atoms with E-state index in [4.69, 9.17) is 16.3 Å². The Balaban J connectivity index is 1.68. The summed E-state index contributed by atoms with van der Waals surface area (Å²) in [5, 5.41) is 6.13. The van der Waals surface area contributed by atoms with Gasteiger partial charge in [-0.25, -0.2) is 0 Å². The Labute approximate surface area is 157 Å². The lowest BCUT2D eigenvalue weighted by atomic mass is 10.1. The average Bonchev–Trinajstić information content (AvgIpc) is 3.11. The van der Waals surface area contributed by atoms with Gasteiger partial charge in [0.15, 0.2) is 0 Å². The number of hydrogen-bond acceptors (Lipinski definition) is 3. The van der Waals surface area contributed by atoms with Crippen molar-refractivity contribution >= 4 is 34.8 Å². The van der Waals surface area contributed by atoms with Gasteiger partial charge in [0, 0.05) is 18.0 Å². The number of halogens is 1. The number of anilines is 2. The first kappa shape index (κ1) is 18.4. The van der Waals surface area contributed by atoms with Gasteiger partial charge in [0.25, 0.3) is 11.8 Å². The molecule has 136 valence electrons. The standard InChI is InChI=1S/C20H21ClN2O3/c1-12-5-7-15(16(21)10-12)19(24)22-14-6-8-17(13(2)11-14)23-20(25)18-4-3-9-26-18/h5-8,10-11,18H,3-4,9H2,1-2H3,(H,22,24)(H,23,25). The number of nitrogens with one attached hydrogen (secondary N) is 2. The van der Waals surface area contributed by atoms with E-state index in [2.05, 4.69) is 10.6 Å². The van der Waals surface area contributed by atoms with Gasteiger partial charge in [0.1, 0.15) is 6.10 Å². The van der Waals surface area contributed by atoms with Gasteiger partial charge in [0.05, 0.1) is 10.6 Å². The van der Waals surface area contributed by atoms with Crippen LogP contribution in [-0.4, -0.2) is 24.5 Å². The van der Waals surface area contributed by atoms with Crippen LogP contribution in [0.15, 0.2) is 36.4 Å². The Morgan fingerprint density at radius 3 is 2.58 bits per heavy atom. The van der Waals surface area contributed by atoms with Crippen LogP contribution in [0.1, 0.15) is 34.3 Å². The zero-order chi connectivity index (χ0) is 18.7. The number of ether oxygens (including phenoxy) is 1. The van der Waals surface area contributed by atoms with E-state index in [1.807, 2.05) is 26.0 Å². The summed E-state index contributed by atoms with van der Waals surface area (Å²) in [4.78, 5) is 24.6. The molecule has 1 atom stereocenters. The SMILES string of the molecule is Cc1ccc(C(=O)Nc2ccc(NC(=O)C3CCCO3)c(C)c2)c(Cl)c1. The van der Waals surface area contributed by atoms with Gasteiger partial charge in [-0.1, -0.05) is 17.7 Å². The third-order valence-electron chi connectivity index (χ3n) is 4.33. The number of carbonyl (C=O) groups excluding carboxylic acids is 2. The van der Waals surface area contributed by atoms with Gasteiger partial charge >= 0.3 is 0 Å². The predicted octanol–water partition coefficient (Wildman–Crippen LogP) is 4.33. The zero-order valence-electron chi connectivity index (χ0n) is 14.8. The third-order valence-corrected chi connectivity index (χ3v) is 4.65. The molecule has 0 radical (unpaired) electrons. The van der Waals surface area contributed by atoms with Crippen molar-refractivity contribution in [2.24, 2.45) is 0 Å². The summed E-state index contributed by atoms with van der Waals surface area (Å²) in [6.45, 7) is 4.42. The molecule has 2 amide bonds. The van der Waals surface area contributed by atoms with E-state index >= 15 is 0 Å². The van der Waals surface area contributed by atoms with E-state index in [0.717, 1.165) is 24.0 Å². The average molecular weight is 373 g/mol. The lowest BCUT2D eigenvalue weighted by molar-refractivity contribution is -0.124. The maximum atomic E-state index is 12.4. The maximum absolute atomic E-state index is 12.4. The van der Waals surface area contributed by atoms with Crippen molar-refractivity contribution in [1.29, 1.82) is 0 Å². The fraction of sp³-hybridized carbons (Fsp3) is 0.300. The van der Waals surface area contributed by atoms with E-state index in [1.165, 1.54) is 0 Å². The first-order valence-electron chi connectivity index (χ1n) is 8.54. The van der Waals surface area contributed by atoms with Crippen molar-refractivity contribution in [3.63, 3.8) is 0 Å². The Bertz CT molecular complexity index is 845. The second-order valence-electron chi connectivity index (χ2n) is 6.46. The molecule has 2 N–H and O–H groups in total. The Hall–Kier alpha value is -2.37. The van der Waals surface area contributed by atoms with Gasteiger partial charge in [0.2, 0.25) is 0 Å². The molecular formula is C20H21ClN2O3. The summed E-state index contributed by atoms with van der Waals surface area (Å²) in [6, 6.07) is 10.6. The van der Waals surface area contributed by atoms with Gasteiger partial charge in [-0.05, 0) is 68.1 Å². The van der Waals surface area contributed by atoms with Crippen molar-refractivity contribution in [3.8, 4) is 0 Å². The summed E-state index contributed by atoms with van der Waals surface area (Å²) >= 11 is 6.15. The number of benzene rings is 2. The molecule has 0 saturated carbocycles. The summed E-state index contributed by atoms with van der Waals surface area (Å²) < 4.78 is 5.39. The third kappa shape index (κ3) is 4.23. The second kappa shape index (κ2) is 7.89. The Kier molecular flexibility index (Phi) is 5.59. The maximum Gasteiger partial charge on any atom is 0.257 e. The highest BCUT2D eigenvalue weighted by Crippen LogP contribution is 2.23.